The van der Waals surface area contributed by atoms with Crippen LogP contribution >= 0.6 is 11.8 Å². The number of carboxylic acids is 1. The van der Waals surface area contributed by atoms with Crippen LogP contribution < -0.4 is 5.32 Å². The summed E-state index contributed by atoms with van der Waals surface area (Å²) in [4.78, 5) is 11.1. The summed E-state index contributed by atoms with van der Waals surface area (Å²) in [5.41, 5.74) is 0.520. The number of halogens is 1. The van der Waals surface area contributed by atoms with Gasteiger partial charge in [-0.25, -0.2) is 9.18 Å². The minimum Gasteiger partial charge on any atom is -0.478 e. The molecule has 1 aliphatic rings. The Morgan fingerprint density at radius 2 is 2.26 bits per heavy atom. The molecule has 0 saturated heterocycles. The lowest BCUT2D eigenvalue weighted by Gasteiger charge is -2.29. The summed E-state index contributed by atoms with van der Waals surface area (Å²) in [6.07, 6.45) is 6.53. The van der Waals surface area contributed by atoms with Gasteiger partial charge in [0.15, 0.2) is 0 Å². The summed E-state index contributed by atoms with van der Waals surface area (Å²) in [7, 11) is 0. The molecular formula is C14H18FNO2S. The second-order valence-electron chi connectivity index (χ2n) is 4.86. The molecule has 0 aromatic heterocycles. The van der Waals surface area contributed by atoms with E-state index in [-0.39, 0.29) is 11.6 Å². The number of hydrogen-bond acceptors (Lipinski definition) is 3. The molecule has 5 heteroatoms. The highest BCUT2D eigenvalue weighted by Crippen LogP contribution is 2.29. The summed E-state index contributed by atoms with van der Waals surface area (Å²) in [6, 6.07) is 4.15. The third-order valence-electron chi connectivity index (χ3n) is 3.53. The lowest BCUT2D eigenvalue weighted by Crippen LogP contribution is -2.29. The lowest BCUT2D eigenvalue weighted by atomic mass is 9.94. The Kier molecular flexibility index (Phi) is 4.69. The minimum atomic E-state index is -1.10. The third kappa shape index (κ3) is 3.62. The van der Waals surface area contributed by atoms with Crippen LogP contribution in [0, 0.1) is 5.82 Å². The molecule has 104 valence electrons. The topological polar surface area (TPSA) is 49.3 Å². The van der Waals surface area contributed by atoms with Crippen LogP contribution in [0.1, 0.15) is 36.0 Å². The molecule has 2 rings (SSSR count). The fourth-order valence-electron chi connectivity index (χ4n) is 2.53. The largest absolute Gasteiger partial charge is 0.478 e. The van der Waals surface area contributed by atoms with Crippen molar-refractivity contribution < 1.29 is 14.3 Å². The zero-order valence-electron chi connectivity index (χ0n) is 10.9. The summed E-state index contributed by atoms with van der Waals surface area (Å²) in [5, 5.41) is 13.0. The molecule has 0 bridgehead atoms. The van der Waals surface area contributed by atoms with Crippen LogP contribution in [0.2, 0.25) is 0 Å². The van der Waals surface area contributed by atoms with Crippen molar-refractivity contribution in [1.29, 1.82) is 0 Å². The molecule has 1 fully saturated rings. The maximum Gasteiger partial charge on any atom is 0.337 e. The van der Waals surface area contributed by atoms with Crippen LogP contribution in [-0.4, -0.2) is 28.6 Å². The number of benzene rings is 1. The van der Waals surface area contributed by atoms with Crippen LogP contribution in [0.3, 0.4) is 0 Å². The van der Waals surface area contributed by atoms with E-state index in [1.54, 1.807) is 0 Å². The van der Waals surface area contributed by atoms with Gasteiger partial charge < -0.3 is 10.4 Å². The monoisotopic (exact) mass is 283 g/mol. The Hall–Kier alpha value is -1.23. The molecule has 0 spiro atoms. The molecule has 1 aliphatic carbocycles. The van der Waals surface area contributed by atoms with Crippen LogP contribution in [0.4, 0.5) is 10.1 Å². The van der Waals surface area contributed by atoms with Gasteiger partial charge in [0, 0.05) is 17.0 Å². The quantitative estimate of drug-likeness (QED) is 0.886. The Morgan fingerprint density at radius 3 is 2.95 bits per heavy atom. The van der Waals surface area contributed by atoms with Crippen molar-refractivity contribution in [2.24, 2.45) is 0 Å². The number of carbonyl (C=O) groups is 1. The number of aromatic carboxylic acids is 1. The van der Waals surface area contributed by atoms with Gasteiger partial charge in [-0.1, -0.05) is 6.42 Å². The maximum absolute atomic E-state index is 13.1. The first-order valence-electron chi connectivity index (χ1n) is 6.42. The van der Waals surface area contributed by atoms with Crippen molar-refractivity contribution in [3.8, 4) is 0 Å². The first-order chi connectivity index (χ1) is 9.10. The first-order valence-corrected chi connectivity index (χ1v) is 7.71. The van der Waals surface area contributed by atoms with E-state index in [2.05, 4.69) is 11.6 Å². The standard InChI is InChI=1S/C14H18FNO2S/c1-19-11-4-2-3-10(8-11)16-13-6-5-9(15)7-12(13)14(17)18/h5-7,10-11,16H,2-4,8H2,1H3,(H,17,18). The third-order valence-corrected chi connectivity index (χ3v) is 4.63. The van der Waals surface area contributed by atoms with Crippen LogP contribution in [0.25, 0.3) is 0 Å². The van der Waals surface area contributed by atoms with Gasteiger partial charge in [-0.05, 0) is 43.7 Å². The SMILES string of the molecule is CSC1CCCC(Nc2ccc(F)cc2C(=O)O)C1. The molecule has 0 amide bonds. The van der Waals surface area contributed by atoms with Gasteiger partial charge in [0.2, 0.25) is 0 Å². The molecule has 2 atom stereocenters. The summed E-state index contributed by atoms with van der Waals surface area (Å²) < 4.78 is 13.1. The number of rotatable bonds is 4. The molecule has 2 N–H and O–H groups in total. The van der Waals surface area contributed by atoms with Crippen LogP contribution in [0.15, 0.2) is 18.2 Å². The van der Waals surface area contributed by atoms with Crippen molar-refractivity contribution in [3.63, 3.8) is 0 Å². The molecular weight excluding hydrogens is 265 g/mol. The van der Waals surface area contributed by atoms with E-state index in [1.807, 2.05) is 11.8 Å². The Balaban J connectivity index is 2.12. The molecule has 2 unspecified atom stereocenters. The van der Waals surface area contributed by atoms with Gasteiger partial charge >= 0.3 is 5.97 Å². The van der Waals surface area contributed by atoms with Gasteiger partial charge in [-0.2, -0.15) is 11.8 Å². The fraction of sp³-hybridized carbons (Fsp3) is 0.500. The minimum absolute atomic E-state index is 0.00581. The van der Waals surface area contributed by atoms with Gasteiger partial charge in [-0.15, -0.1) is 0 Å². The van der Waals surface area contributed by atoms with E-state index in [9.17, 15) is 9.18 Å². The molecule has 1 saturated carbocycles. The van der Waals surface area contributed by atoms with Gasteiger partial charge in [0.05, 0.1) is 5.56 Å². The van der Waals surface area contributed by atoms with Crippen LogP contribution in [-0.2, 0) is 0 Å². The molecule has 0 heterocycles. The van der Waals surface area contributed by atoms with Crippen molar-refractivity contribution in [2.75, 3.05) is 11.6 Å². The number of carboxylic acid groups (broad SMARTS) is 1. The number of anilines is 1. The van der Waals surface area contributed by atoms with E-state index in [4.69, 9.17) is 5.11 Å². The van der Waals surface area contributed by atoms with Gasteiger partial charge in [0.25, 0.3) is 0 Å². The first kappa shape index (κ1) is 14.2. The number of thioether (sulfide) groups is 1. The van der Waals surface area contributed by atoms with Gasteiger partial charge in [0.1, 0.15) is 5.82 Å². The highest BCUT2D eigenvalue weighted by Gasteiger charge is 2.22. The van der Waals surface area contributed by atoms with Crippen molar-refractivity contribution >= 4 is 23.4 Å². The molecule has 0 aliphatic heterocycles. The molecule has 0 radical (unpaired) electrons. The van der Waals surface area contributed by atoms with E-state index >= 15 is 0 Å². The zero-order chi connectivity index (χ0) is 13.8. The predicted octanol–water partition coefficient (Wildman–Crippen LogP) is 3.61. The summed E-state index contributed by atoms with van der Waals surface area (Å²) in [6.45, 7) is 0. The Morgan fingerprint density at radius 1 is 1.47 bits per heavy atom. The summed E-state index contributed by atoms with van der Waals surface area (Å²) >= 11 is 1.86. The Bertz CT molecular complexity index is 467. The van der Waals surface area contributed by atoms with E-state index < -0.39 is 11.8 Å². The van der Waals surface area contributed by atoms with E-state index in [0.717, 1.165) is 25.3 Å². The number of nitrogens with one attached hydrogen (secondary N) is 1. The highest BCUT2D eigenvalue weighted by atomic mass is 32.2. The second-order valence-corrected chi connectivity index (χ2v) is 6.00. The molecule has 1 aromatic carbocycles. The van der Waals surface area contributed by atoms with Crippen molar-refractivity contribution in [1.82, 2.24) is 0 Å². The molecule has 19 heavy (non-hydrogen) atoms. The normalized spacial score (nSPS) is 23.1. The average Bonchev–Trinajstić information content (AvgIpc) is 2.41. The average molecular weight is 283 g/mol. The van der Waals surface area contributed by atoms with E-state index in [0.29, 0.717) is 10.9 Å². The lowest BCUT2D eigenvalue weighted by molar-refractivity contribution is 0.0697. The van der Waals surface area contributed by atoms with Gasteiger partial charge in [-0.3, -0.25) is 0 Å². The maximum atomic E-state index is 13.1. The zero-order valence-corrected chi connectivity index (χ0v) is 11.7. The summed E-state index contributed by atoms with van der Waals surface area (Å²) in [5.74, 6) is -1.62. The predicted molar refractivity (Wildman–Crippen MR) is 76.5 cm³/mol. The van der Waals surface area contributed by atoms with Crippen LogP contribution in [0.5, 0.6) is 0 Å². The fourth-order valence-corrected chi connectivity index (χ4v) is 3.36. The number of hydrogen-bond donors (Lipinski definition) is 2. The Labute approximate surface area is 116 Å². The van der Waals surface area contributed by atoms with Crippen molar-refractivity contribution in [3.05, 3.63) is 29.6 Å². The van der Waals surface area contributed by atoms with E-state index in [1.165, 1.54) is 18.6 Å². The molecule has 3 nitrogen and oxygen atoms in total. The highest BCUT2D eigenvalue weighted by molar-refractivity contribution is 7.99. The smallest absolute Gasteiger partial charge is 0.337 e. The molecule has 1 aromatic rings. The second kappa shape index (κ2) is 6.28. The van der Waals surface area contributed by atoms with Crippen molar-refractivity contribution in [2.45, 2.75) is 37.0 Å².